The van der Waals surface area contributed by atoms with Crippen LogP contribution in [0.1, 0.15) is 16.1 Å². The molecule has 0 aliphatic carbocycles. The molecule has 132 valence electrons. The summed E-state index contributed by atoms with van der Waals surface area (Å²) >= 11 is 0. The number of benzene rings is 2. The number of carbonyl (C=O) groups excluding carboxylic acids is 1. The minimum absolute atomic E-state index is 0.237. The van der Waals surface area contributed by atoms with Gasteiger partial charge < -0.3 is 20.3 Å². The minimum Gasteiger partial charge on any atom is -0.505 e. The molecule has 0 spiro atoms. The molecule has 2 aromatic carbocycles. The molecule has 0 saturated carbocycles. The Morgan fingerprint density at radius 3 is 2.58 bits per heavy atom. The Labute approximate surface area is 148 Å². The number of carbonyl (C=O) groups is 2. The van der Waals surface area contributed by atoms with E-state index in [1.54, 1.807) is 18.2 Å². The zero-order valence-corrected chi connectivity index (χ0v) is 13.7. The summed E-state index contributed by atoms with van der Waals surface area (Å²) in [5.41, 5.74) is 1.23. The fourth-order valence-corrected chi connectivity index (χ4v) is 2.37. The van der Waals surface area contributed by atoms with Crippen molar-refractivity contribution < 1.29 is 24.5 Å². The van der Waals surface area contributed by atoms with E-state index in [9.17, 15) is 14.7 Å². The third-order valence-corrected chi connectivity index (χ3v) is 3.63. The molecule has 1 heterocycles. The van der Waals surface area contributed by atoms with Crippen LogP contribution in [0.4, 0.5) is 0 Å². The highest BCUT2D eigenvalue weighted by atomic mass is 16.5. The molecule has 3 aromatic rings. The van der Waals surface area contributed by atoms with Gasteiger partial charge in [0.15, 0.2) is 5.69 Å². The van der Waals surface area contributed by atoms with Crippen molar-refractivity contribution in [2.24, 2.45) is 0 Å². The van der Waals surface area contributed by atoms with Gasteiger partial charge in [0.2, 0.25) is 0 Å². The Morgan fingerprint density at radius 1 is 1.08 bits per heavy atom. The highest BCUT2D eigenvalue weighted by Crippen LogP contribution is 2.25. The Morgan fingerprint density at radius 2 is 1.85 bits per heavy atom. The number of hydrogen-bond acceptors (Lipinski definition) is 5. The largest absolute Gasteiger partial charge is 0.505 e. The Balaban J connectivity index is 1.82. The molecule has 0 atom stereocenters. The van der Waals surface area contributed by atoms with Crippen molar-refractivity contribution in [2.45, 2.75) is 6.61 Å². The maximum Gasteiger partial charge on any atom is 0.322 e. The second-order valence-corrected chi connectivity index (χ2v) is 5.56. The summed E-state index contributed by atoms with van der Waals surface area (Å²) in [5, 5.41) is 21.4. The first-order valence-electron chi connectivity index (χ1n) is 7.83. The van der Waals surface area contributed by atoms with Crippen LogP contribution in [0.3, 0.4) is 0 Å². The number of aromatic hydroxyl groups is 1. The summed E-state index contributed by atoms with van der Waals surface area (Å²) in [5.74, 6) is -1.70. The lowest BCUT2D eigenvalue weighted by Crippen LogP contribution is -2.29. The van der Waals surface area contributed by atoms with E-state index in [0.29, 0.717) is 23.3 Å². The van der Waals surface area contributed by atoms with Crippen molar-refractivity contribution in [1.29, 1.82) is 0 Å². The normalized spacial score (nSPS) is 10.5. The van der Waals surface area contributed by atoms with Crippen molar-refractivity contribution in [3.05, 3.63) is 65.9 Å². The molecule has 7 nitrogen and oxygen atoms in total. The maximum atomic E-state index is 12.0. The van der Waals surface area contributed by atoms with Gasteiger partial charge in [-0.15, -0.1) is 0 Å². The van der Waals surface area contributed by atoms with Crippen LogP contribution in [-0.2, 0) is 11.4 Å². The highest BCUT2D eigenvalue weighted by Gasteiger charge is 2.15. The predicted octanol–water partition coefficient (Wildman–Crippen LogP) is 2.33. The number of pyridine rings is 1. The summed E-state index contributed by atoms with van der Waals surface area (Å²) in [6.45, 7) is -0.172. The molecule has 0 aliphatic rings. The Hall–Kier alpha value is -3.61. The Bertz CT molecular complexity index is 957. The van der Waals surface area contributed by atoms with Gasteiger partial charge in [0.1, 0.15) is 24.7 Å². The van der Waals surface area contributed by atoms with E-state index in [2.05, 4.69) is 10.3 Å². The zero-order valence-electron chi connectivity index (χ0n) is 13.7. The number of aliphatic carboxylic acids is 1. The van der Waals surface area contributed by atoms with Crippen molar-refractivity contribution >= 4 is 22.8 Å². The predicted molar refractivity (Wildman–Crippen MR) is 94.2 cm³/mol. The average Bonchev–Trinajstić information content (AvgIpc) is 2.64. The first-order chi connectivity index (χ1) is 12.5. The molecule has 1 amide bonds. The van der Waals surface area contributed by atoms with Crippen LogP contribution >= 0.6 is 0 Å². The van der Waals surface area contributed by atoms with Gasteiger partial charge >= 0.3 is 5.97 Å². The number of carboxylic acids is 1. The second kappa shape index (κ2) is 7.52. The van der Waals surface area contributed by atoms with Crippen LogP contribution in [-0.4, -0.2) is 33.6 Å². The first-order valence-corrected chi connectivity index (χ1v) is 7.83. The fraction of sp³-hybridized carbons (Fsp3) is 0.105. The van der Waals surface area contributed by atoms with Crippen LogP contribution < -0.4 is 10.1 Å². The number of nitrogens with one attached hydrogen (secondary N) is 1. The quantitative estimate of drug-likeness (QED) is 0.628. The fourth-order valence-electron chi connectivity index (χ4n) is 2.37. The Kier molecular flexibility index (Phi) is 4.98. The average molecular weight is 352 g/mol. The van der Waals surface area contributed by atoms with Gasteiger partial charge in [-0.2, -0.15) is 0 Å². The molecule has 26 heavy (non-hydrogen) atoms. The molecular weight excluding hydrogens is 336 g/mol. The van der Waals surface area contributed by atoms with Gasteiger partial charge in [0, 0.05) is 11.5 Å². The molecule has 1 aromatic heterocycles. The molecule has 0 aliphatic heterocycles. The number of ether oxygens (including phenoxy) is 1. The number of carboxylic acid groups (broad SMARTS) is 1. The minimum atomic E-state index is -1.18. The summed E-state index contributed by atoms with van der Waals surface area (Å²) in [7, 11) is 0. The second-order valence-electron chi connectivity index (χ2n) is 5.56. The number of fused-ring (bicyclic) bond motifs is 1. The van der Waals surface area contributed by atoms with Crippen molar-refractivity contribution in [1.82, 2.24) is 10.3 Å². The van der Waals surface area contributed by atoms with Crippen LogP contribution in [0.25, 0.3) is 10.9 Å². The number of amides is 1. The monoisotopic (exact) mass is 352 g/mol. The van der Waals surface area contributed by atoms with Crippen LogP contribution in [0.5, 0.6) is 11.5 Å². The van der Waals surface area contributed by atoms with Gasteiger partial charge in [-0.05, 0) is 23.8 Å². The molecule has 0 unspecified atom stereocenters. The van der Waals surface area contributed by atoms with E-state index in [4.69, 9.17) is 9.84 Å². The van der Waals surface area contributed by atoms with E-state index in [0.717, 1.165) is 5.56 Å². The van der Waals surface area contributed by atoms with Gasteiger partial charge in [-0.1, -0.05) is 30.3 Å². The van der Waals surface area contributed by atoms with Gasteiger partial charge in [0.05, 0.1) is 5.52 Å². The summed E-state index contributed by atoms with van der Waals surface area (Å²) in [6.07, 6.45) is 0. The lowest BCUT2D eigenvalue weighted by atomic mass is 10.1. The molecular formula is C19H16N2O5. The van der Waals surface area contributed by atoms with Crippen LogP contribution in [0.2, 0.25) is 0 Å². The first kappa shape index (κ1) is 17.2. The summed E-state index contributed by atoms with van der Waals surface area (Å²) in [4.78, 5) is 26.7. The SMILES string of the molecule is O=C(O)CNC(=O)c1nc2cc(OCc3ccccc3)ccc2cc1O. The van der Waals surface area contributed by atoms with E-state index < -0.39 is 18.4 Å². The third kappa shape index (κ3) is 4.07. The van der Waals surface area contributed by atoms with E-state index in [-0.39, 0.29) is 11.4 Å². The van der Waals surface area contributed by atoms with Crippen molar-refractivity contribution in [3.8, 4) is 11.5 Å². The number of hydrogen-bond donors (Lipinski definition) is 3. The zero-order chi connectivity index (χ0) is 18.5. The van der Waals surface area contributed by atoms with E-state index in [1.165, 1.54) is 6.07 Å². The molecule has 7 heteroatoms. The lowest BCUT2D eigenvalue weighted by Gasteiger charge is -2.09. The lowest BCUT2D eigenvalue weighted by molar-refractivity contribution is -0.135. The van der Waals surface area contributed by atoms with Gasteiger partial charge in [-0.25, -0.2) is 4.98 Å². The van der Waals surface area contributed by atoms with Crippen LogP contribution in [0, 0.1) is 0 Å². The van der Waals surface area contributed by atoms with Crippen molar-refractivity contribution in [3.63, 3.8) is 0 Å². The topological polar surface area (TPSA) is 109 Å². The smallest absolute Gasteiger partial charge is 0.322 e. The number of rotatable bonds is 6. The molecule has 0 radical (unpaired) electrons. The molecule has 0 bridgehead atoms. The van der Waals surface area contributed by atoms with Gasteiger partial charge in [-0.3, -0.25) is 9.59 Å². The standard InChI is InChI=1S/C19H16N2O5/c22-16-8-13-6-7-14(26-11-12-4-2-1-3-5-12)9-15(13)21-18(16)19(25)20-10-17(23)24/h1-9,22H,10-11H2,(H,20,25)(H,23,24). The number of nitrogens with zero attached hydrogens (tertiary/aromatic N) is 1. The maximum absolute atomic E-state index is 12.0. The molecule has 0 fully saturated rings. The van der Waals surface area contributed by atoms with E-state index in [1.807, 2.05) is 30.3 Å². The summed E-state index contributed by atoms with van der Waals surface area (Å²) < 4.78 is 5.73. The summed E-state index contributed by atoms with van der Waals surface area (Å²) in [6, 6.07) is 16.2. The van der Waals surface area contributed by atoms with E-state index >= 15 is 0 Å². The third-order valence-electron chi connectivity index (χ3n) is 3.63. The van der Waals surface area contributed by atoms with Crippen molar-refractivity contribution in [2.75, 3.05) is 6.54 Å². The molecule has 3 rings (SSSR count). The van der Waals surface area contributed by atoms with Crippen LogP contribution in [0.15, 0.2) is 54.6 Å². The number of aromatic nitrogens is 1. The van der Waals surface area contributed by atoms with Gasteiger partial charge in [0.25, 0.3) is 5.91 Å². The molecule has 0 saturated heterocycles. The highest BCUT2D eigenvalue weighted by molar-refractivity contribution is 5.99. The molecule has 3 N–H and O–H groups in total.